The molecule has 0 saturated carbocycles. The van der Waals surface area contributed by atoms with Crippen molar-refractivity contribution in [3.05, 3.63) is 35.4 Å². The van der Waals surface area contributed by atoms with E-state index in [4.69, 9.17) is 0 Å². The zero-order valence-electron chi connectivity index (χ0n) is 9.80. The average Bonchev–Trinajstić information content (AvgIpc) is 2.64. The molecule has 5 heteroatoms. The van der Waals surface area contributed by atoms with Crippen molar-refractivity contribution < 1.29 is 14.7 Å². The Labute approximate surface area is 104 Å². The highest BCUT2D eigenvalue weighted by molar-refractivity contribution is 6.21. The summed E-state index contributed by atoms with van der Waals surface area (Å²) in [6.07, 6.45) is 0.648. The van der Waals surface area contributed by atoms with Crippen molar-refractivity contribution >= 4 is 11.8 Å². The topological polar surface area (TPSA) is 69.6 Å². The van der Waals surface area contributed by atoms with Crippen LogP contribution in [0, 0.1) is 0 Å². The number of aliphatic hydroxyl groups excluding tert-OH is 1. The lowest BCUT2D eigenvalue weighted by atomic mass is 10.0. The Morgan fingerprint density at radius 3 is 2.33 bits per heavy atom. The van der Waals surface area contributed by atoms with Gasteiger partial charge in [-0.15, -0.1) is 0 Å². The number of nitrogens with one attached hydrogen (secondary N) is 1. The lowest BCUT2D eigenvalue weighted by Gasteiger charge is -2.34. The van der Waals surface area contributed by atoms with E-state index in [0.29, 0.717) is 24.1 Å². The molecule has 2 amide bonds. The van der Waals surface area contributed by atoms with E-state index in [-0.39, 0.29) is 11.8 Å². The first-order chi connectivity index (χ1) is 8.70. The number of nitrogens with zero attached hydrogens (tertiary/aromatic N) is 1. The van der Waals surface area contributed by atoms with Crippen molar-refractivity contribution in [3.8, 4) is 0 Å². The van der Waals surface area contributed by atoms with Gasteiger partial charge >= 0.3 is 0 Å². The molecule has 0 bridgehead atoms. The third kappa shape index (κ3) is 1.55. The average molecular weight is 246 g/mol. The molecule has 1 unspecified atom stereocenters. The summed E-state index contributed by atoms with van der Waals surface area (Å²) in [5.41, 5.74) is 0.862. The third-order valence-electron chi connectivity index (χ3n) is 3.55. The van der Waals surface area contributed by atoms with Crippen LogP contribution in [0.4, 0.5) is 0 Å². The van der Waals surface area contributed by atoms with E-state index in [1.807, 2.05) is 0 Å². The normalized spacial score (nSPS) is 27.5. The Morgan fingerprint density at radius 1 is 1.17 bits per heavy atom. The number of carbonyl (C=O) groups is 2. The van der Waals surface area contributed by atoms with Crippen molar-refractivity contribution in [1.82, 2.24) is 10.2 Å². The summed E-state index contributed by atoms with van der Waals surface area (Å²) in [5, 5.41) is 12.8. The molecule has 94 valence electrons. The molecular weight excluding hydrogens is 232 g/mol. The summed E-state index contributed by atoms with van der Waals surface area (Å²) in [7, 11) is 0. The second-order valence-corrected chi connectivity index (χ2v) is 4.63. The van der Waals surface area contributed by atoms with E-state index in [0.717, 1.165) is 6.42 Å². The van der Waals surface area contributed by atoms with Gasteiger partial charge in [-0.25, -0.2) is 0 Å². The van der Waals surface area contributed by atoms with Gasteiger partial charge in [-0.2, -0.15) is 0 Å². The Kier molecular flexibility index (Phi) is 2.65. The highest BCUT2D eigenvalue weighted by Crippen LogP contribution is 2.27. The quantitative estimate of drug-likeness (QED) is 0.702. The van der Waals surface area contributed by atoms with Gasteiger partial charge in [0.1, 0.15) is 6.23 Å². The Hall–Kier alpha value is -1.72. The predicted molar refractivity (Wildman–Crippen MR) is 64.0 cm³/mol. The van der Waals surface area contributed by atoms with Crippen LogP contribution >= 0.6 is 0 Å². The van der Waals surface area contributed by atoms with Crippen LogP contribution in [0.2, 0.25) is 0 Å². The largest absolute Gasteiger partial charge is 0.376 e. The maximum Gasteiger partial charge on any atom is 0.261 e. The molecule has 0 aromatic heterocycles. The number of hydrogen-bond donors (Lipinski definition) is 2. The molecule has 3 rings (SSSR count). The Bertz CT molecular complexity index is 480. The maximum absolute atomic E-state index is 12.2. The molecule has 2 aliphatic rings. The van der Waals surface area contributed by atoms with Crippen LogP contribution in [0.5, 0.6) is 0 Å². The summed E-state index contributed by atoms with van der Waals surface area (Å²) in [5.74, 6) is -0.605. The van der Waals surface area contributed by atoms with Crippen molar-refractivity contribution in [2.45, 2.75) is 25.1 Å². The number of piperidine rings is 1. The molecule has 1 saturated heterocycles. The summed E-state index contributed by atoms with van der Waals surface area (Å²) in [6.45, 7) is 0.709. The molecule has 18 heavy (non-hydrogen) atoms. The van der Waals surface area contributed by atoms with E-state index in [1.54, 1.807) is 24.3 Å². The molecule has 1 fully saturated rings. The maximum atomic E-state index is 12.2. The molecule has 5 nitrogen and oxygen atoms in total. The SMILES string of the molecule is O=C1c2ccccc2C(=O)N1[C@H]1CCCNC1O. The van der Waals surface area contributed by atoms with Crippen molar-refractivity contribution in [2.24, 2.45) is 0 Å². The molecular formula is C13H14N2O3. The second-order valence-electron chi connectivity index (χ2n) is 4.63. The first kappa shape index (κ1) is 11.4. The van der Waals surface area contributed by atoms with E-state index < -0.39 is 12.3 Å². The van der Waals surface area contributed by atoms with Gasteiger partial charge < -0.3 is 5.11 Å². The van der Waals surface area contributed by atoms with Crippen LogP contribution in [0.25, 0.3) is 0 Å². The summed E-state index contributed by atoms with van der Waals surface area (Å²) >= 11 is 0. The van der Waals surface area contributed by atoms with Gasteiger partial charge in [0.05, 0.1) is 17.2 Å². The van der Waals surface area contributed by atoms with E-state index in [2.05, 4.69) is 5.32 Å². The number of rotatable bonds is 1. The minimum absolute atomic E-state index is 0.302. The van der Waals surface area contributed by atoms with Gasteiger partial charge in [0.25, 0.3) is 11.8 Å². The van der Waals surface area contributed by atoms with Gasteiger partial charge in [-0.3, -0.25) is 19.8 Å². The molecule has 0 spiro atoms. The standard InChI is InChI=1S/C13H14N2O3/c16-11-10(6-3-7-14-11)15-12(17)8-4-1-2-5-9(8)13(15)18/h1-2,4-5,10-11,14,16H,3,6-7H2/t10-,11?/m0/s1. The highest BCUT2D eigenvalue weighted by Gasteiger charge is 2.42. The van der Waals surface area contributed by atoms with Crippen LogP contribution in [-0.4, -0.2) is 40.6 Å². The number of benzene rings is 1. The molecule has 2 aliphatic heterocycles. The van der Waals surface area contributed by atoms with Crippen molar-refractivity contribution in [3.63, 3.8) is 0 Å². The summed E-state index contributed by atoms with van der Waals surface area (Å²) < 4.78 is 0. The third-order valence-corrected chi connectivity index (χ3v) is 3.55. The zero-order chi connectivity index (χ0) is 12.7. The van der Waals surface area contributed by atoms with Gasteiger partial charge in [0.2, 0.25) is 0 Å². The van der Waals surface area contributed by atoms with Crippen molar-refractivity contribution in [1.29, 1.82) is 0 Å². The lowest BCUT2D eigenvalue weighted by molar-refractivity contribution is 0.0113. The zero-order valence-corrected chi connectivity index (χ0v) is 9.80. The number of carbonyl (C=O) groups excluding carboxylic acids is 2. The van der Waals surface area contributed by atoms with E-state index in [1.165, 1.54) is 4.90 Å². The molecule has 2 atom stereocenters. The fourth-order valence-electron chi connectivity index (χ4n) is 2.63. The number of imide groups is 1. The molecule has 1 aromatic carbocycles. The Balaban J connectivity index is 1.96. The molecule has 0 aliphatic carbocycles. The number of fused-ring (bicyclic) bond motifs is 1. The lowest BCUT2D eigenvalue weighted by Crippen LogP contribution is -2.55. The van der Waals surface area contributed by atoms with E-state index in [9.17, 15) is 14.7 Å². The van der Waals surface area contributed by atoms with Crippen molar-refractivity contribution in [2.75, 3.05) is 6.54 Å². The summed E-state index contributed by atoms with van der Waals surface area (Å²) in [6, 6.07) is 6.31. The number of aliphatic hydroxyl groups is 1. The monoisotopic (exact) mass is 246 g/mol. The second kappa shape index (κ2) is 4.19. The highest BCUT2D eigenvalue weighted by atomic mass is 16.3. The number of hydrogen-bond acceptors (Lipinski definition) is 4. The minimum atomic E-state index is -0.832. The fourth-order valence-corrected chi connectivity index (χ4v) is 2.63. The first-order valence-electron chi connectivity index (χ1n) is 6.08. The predicted octanol–water partition coefficient (Wildman–Crippen LogP) is 0.353. The van der Waals surface area contributed by atoms with Crippen LogP contribution in [0.15, 0.2) is 24.3 Å². The van der Waals surface area contributed by atoms with E-state index >= 15 is 0 Å². The van der Waals surface area contributed by atoms with Gasteiger partial charge in [0, 0.05) is 0 Å². The van der Waals surface area contributed by atoms with Crippen LogP contribution in [0.3, 0.4) is 0 Å². The molecule has 1 aromatic rings. The minimum Gasteiger partial charge on any atom is -0.376 e. The summed E-state index contributed by atoms with van der Waals surface area (Å²) in [4.78, 5) is 25.6. The molecule has 2 N–H and O–H groups in total. The van der Waals surface area contributed by atoms with Crippen LogP contribution in [0.1, 0.15) is 33.6 Å². The van der Waals surface area contributed by atoms with Crippen LogP contribution in [-0.2, 0) is 0 Å². The Morgan fingerprint density at radius 2 is 1.78 bits per heavy atom. The molecule has 2 heterocycles. The first-order valence-corrected chi connectivity index (χ1v) is 6.08. The van der Waals surface area contributed by atoms with Gasteiger partial charge in [-0.05, 0) is 31.5 Å². The van der Waals surface area contributed by atoms with Gasteiger partial charge in [-0.1, -0.05) is 12.1 Å². The van der Waals surface area contributed by atoms with Gasteiger partial charge in [0.15, 0.2) is 0 Å². The van der Waals surface area contributed by atoms with Crippen LogP contribution < -0.4 is 5.32 Å². The molecule has 0 radical (unpaired) electrons. The number of amides is 2. The smallest absolute Gasteiger partial charge is 0.261 e. The fraction of sp³-hybridized carbons (Fsp3) is 0.385.